The van der Waals surface area contributed by atoms with Crippen molar-refractivity contribution in [3.63, 3.8) is 0 Å². The molecule has 98 valence electrons. The van der Waals surface area contributed by atoms with Gasteiger partial charge in [0.15, 0.2) is 0 Å². The van der Waals surface area contributed by atoms with Gasteiger partial charge >= 0.3 is 11.7 Å². The Balaban J connectivity index is 2.80. The summed E-state index contributed by atoms with van der Waals surface area (Å²) in [5, 5.41) is 11.1. The van der Waals surface area contributed by atoms with Gasteiger partial charge in [0.05, 0.1) is 0 Å². The molecule has 0 saturated carbocycles. The van der Waals surface area contributed by atoms with E-state index in [4.69, 9.17) is 5.11 Å². The Bertz CT molecular complexity index is 584. The van der Waals surface area contributed by atoms with Gasteiger partial charge in [-0.15, -0.1) is 0 Å². The predicted octanol–water partition coefficient (Wildman–Crippen LogP) is -1.48. The van der Waals surface area contributed by atoms with Crippen LogP contribution in [0.2, 0.25) is 0 Å². The summed E-state index contributed by atoms with van der Waals surface area (Å²) in [6, 6.07) is 1.09. The Kier molecular flexibility index (Phi) is 3.70. The van der Waals surface area contributed by atoms with E-state index in [1.54, 1.807) is 0 Å². The Morgan fingerprint density at radius 2 is 2.06 bits per heavy atom. The summed E-state index contributed by atoms with van der Waals surface area (Å²) >= 11 is 0. The first kappa shape index (κ1) is 13.7. The molecule has 0 aromatic carbocycles. The third-order valence-electron chi connectivity index (χ3n) is 2.20. The van der Waals surface area contributed by atoms with Crippen LogP contribution in [0.3, 0.4) is 0 Å². The molecular formula is C10H13N3O5. The van der Waals surface area contributed by atoms with Gasteiger partial charge in [-0.2, -0.15) is 0 Å². The molecule has 3 N–H and O–H groups in total. The second kappa shape index (κ2) is 4.86. The van der Waals surface area contributed by atoms with Gasteiger partial charge in [-0.25, -0.2) is 9.59 Å². The van der Waals surface area contributed by atoms with E-state index < -0.39 is 28.7 Å². The van der Waals surface area contributed by atoms with Gasteiger partial charge in [0.2, 0.25) is 5.91 Å². The predicted molar refractivity (Wildman–Crippen MR) is 61.2 cm³/mol. The molecule has 0 aliphatic carbocycles. The summed E-state index contributed by atoms with van der Waals surface area (Å²) in [6.07, 6.45) is 1.16. The molecule has 0 spiro atoms. The molecule has 0 radical (unpaired) electrons. The molecule has 0 aliphatic heterocycles. The number of aliphatic carboxylic acids is 1. The Hall–Kier alpha value is -2.38. The van der Waals surface area contributed by atoms with Gasteiger partial charge in [-0.1, -0.05) is 0 Å². The van der Waals surface area contributed by atoms with Gasteiger partial charge in [-0.3, -0.25) is 19.1 Å². The first-order chi connectivity index (χ1) is 8.22. The summed E-state index contributed by atoms with van der Waals surface area (Å²) in [6.45, 7) is 2.28. The molecule has 0 unspecified atom stereocenters. The molecule has 0 saturated heterocycles. The van der Waals surface area contributed by atoms with Gasteiger partial charge in [-0.05, 0) is 13.8 Å². The second-order valence-electron chi connectivity index (χ2n) is 4.22. The van der Waals surface area contributed by atoms with E-state index in [1.165, 1.54) is 13.8 Å². The monoisotopic (exact) mass is 255 g/mol. The molecule has 0 aliphatic rings. The highest BCUT2D eigenvalue weighted by atomic mass is 16.4. The topological polar surface area (TPSA) is 121 Å². The Labute approximate surface area is 101 Å². The third-order valence-corrected chi connectivity index (χ3v) is 2.20. The standard InChI is InChI=1S/C10H13N3O5/c1-10(2,8(16)17)12-7(15)5-13-4-3-6(14)11-9(13)18/h3-4H,5H2,1-2H3,(H,12,15)(H,16,17)(H,11,14,18). The van der Waals surface area contributed by atoms with Crippen LogP contribution >= 0.6 is 0 Å². The molecule has 0 bridgehead atoms. The third kappa shape index (κ3) is 3.30. The van der Waals surface area contributed by atoms with Crippen molar-refractivity contribution in [1.82, 2.24) is 14.9 Å². The number of nitrogens with one attached hydrogen (secondary N) is 2. The van der Waals surface area contributed by atoms with Crippen molar-refractivity contribution in [2.24, 2.45) is 0 Å². The molecule has 18 heavy (non-hydrogen) atoms. The van der Waals surface area contributed by atoms with Crippen LogP contribution in [-0.4, -0.2) is 32.1 Å². The number of hydrogen-bond acceptors (Lipinski definition) is 4. The van der Waals surface area contributed by atoms with Crippen LogP contribution in [0.5, 0.6) is 0 Å². The lowest BCUT2D eigenvalue weighted by atomic mass is 10.1. The average molecular weight is 255 g/mol. The lowest BCUT2D eigenvalue weighted by molar-refractivity contribution is -0.146. The largest absolute Gasteiger partial charge is 0.480 e. The van der Waals surface area contributed by atoms with Crippen LogP contribution in [-0.2, 0) is 16.1 Å². The minimum Gasteiger partial charge on any atom is -0.480 e. The minimum absolute atomic E-state index is 0.369. The fourth-order valence-electron chi connectivity index (χ4n) is 1.16. The number of hydrogen-bond donors (Lipinski definition) is 3. The smallest absolute Gasteiger partial charge is 0.328 e. The zero-order chi connectivity index (χ0) is 13.9. The molecule has 1 rings (SSSR count). The number of aromatic amines is 1. The highest BCUT2D eigenvalue weighted by Gasteiger charge is 2.28. The molecule has 1 aromatic heterocycles. The number of rotatable bonds is 4. The van der Waals surface area contributed by atoms with Gasteiger partial charge in [0, 0.05) is 12.3 Å². The summed E-state index contributed by atoms with van der Waals surface area (Å²) in [7, 11) is 0. The van der Waals surface area contributed by atoms with Gasteiger partial charge in [0.25, 0.3) is 5.56 Å². The summed E-state index contributed by atoms with van der Waals surface area (Å²) < 4.78 is 0.967. The molecule has 0 fully saturated rings. The fourth-order valence-corrected chi connectivity index (χ4v) is 1.16. The number of amides is 1. The minimum atomic E-state index is -1.43. The number of nitrogens with zero attached hydrogens (tertiary/aromatic N) is 1. The van der Waals surface area contributed by atoms with E-state index >= 15 is 0 Å². The van der Waals surface area contributed by atoms with Gasteiger partial charge < -0.3 is 10.4 Å². The van der Waals surface area contributed by atoms with Crippen molar-refractivity contribution < 1.29 is 14.7 Å². The van der Waals surface area contributed by atoms with Gasteiger partial charge in [0.1, 0.15) is 12.1 Å². The van der Waals surface area contributed by atoms with Crippen molar-refractivity contribution in [2.45, 2.75) is 25.9 Å². The summed E-state index contributed by atoms with van der Waals surface area (Å²) in [4.78, 5) is 46.4. The lowest BCUT2D eigenvalue weighted by Crippen LogP contribution is -2.51. The molecule has 1 aromatic rings. The lowest BCUT2D eigenvalue weighted by Gasteiger charge is -2.21. The van der Waals surface area contributed by atoms with E-state index in [9.17, 15) is 19.2 Å². The number of carbonyl (C=O) groups is 2. The van der Waals surface area contributed by atoms with Crippen LogP contribution in [0.15, 0.2) is 21.9 Å². The van der Waals surface area contributed by atoms with E-state index in [0.29, 0.717) is 0 Å². The maximum atomic E-state index is 11.5. The average Bonchev–Trinajstić information content (AvgIpc) is 2.21. The first-order valence-electron chi connectivity index (χ1n) is 5.06. The second-order valence-corrected chi connectivity index (χ2v) is 4.22. The molecule has 1 heterocycles. The van der Waals surface area contributed by atoms with Crippen LogP contribution in [0.4, 0.5) is 0 Å². The van der Waals surface area contributed by atoms with Crippen LogP contribution < -0.4 is 16.6 Å². The van der Waals surface area contributed by atoms with Crippen LogP contribution in [0, 0.1) is 0 Å². The van der Waals surface area contributed by atoms with Crippen LogP contribution in [0.1, 0.15) is 13.8 Å². The molecular weight excluding hydrogens is 242 g/mol. The quantitative estimate of drug-likeness (QED) is 0.605. The van der Waals surface area contributed by atoms with E-state index in [2.05, 4.69) is 5.32 Å². The maximum Gasteiger partial charge on any atom is 0.328 e. The van der Waals surface area contributed by atoms with Crippen molar-refractivity contribution in [1.29, 1.82) is 0 Å². The molecule has 0 atom stereocenters. The zero-order valence-electron chi connectivity index (χ0n) is 9.89. The normalized spacial score (nSPS) is 11.0. The number of carbonyl (C=O) groups excluding carboxylic acids is 1. The number of aromatic nitrogens is 2. The van der Waals surface area contributed by atoms with E-state index in [1.807, 2.05) is 4.98 Å². The first-order valence-corrected chi connectivity index (χ1v) is 5.06. The Morgan fingerprint density at radius 3 is 2.56 bits per heavy atom. The molecule has 1 amide bonds. The number of carboxylic acids is 1. The van der Waals surface area contributed by atoms with E-state index in [0.717, 1.165) is 16.8 Å². The number of H-pyrrole nitrogens is 1. The maximum absolute atomic E-state index is 11.5. The summed E-state index contributed by atoms with van der Waals surface area (Å²) in [5.74, 6) is -1.83. The van der Waals surface area contributed by atoms with Crippen molar-refractivity contribution in [3.8, 4) is 0 Å². The number of carboxylic acid groups (broad SMARTS) is 1. The van der Waals surface area contributed by atoms with Crippen LogP contribution in [0.25, 0.3) is 0 Å². The van der Waals surface area contributed by atoms with Crippen molar-refractivity contribution in [3.05, 3.63) is 33.1 Å². The highest BCUT2D eigenvalue weighted by molar-refractivity contribution is 5.86. The van der Waals surface area contributed by atoms with Crippen molar-refractivity contribution in [2.75, 3.05) is 0 Å². The molecule has 8 heteroatoms. The highest BCUT2D eigenvalue weighted by Crippen LogP contribution is 2.01. The van der Waals surface area contributed by atoms with Crippen molar-refractivity contribution >= 4 is 11.9 Å². The summed E-state index contributed by atoms with van der Waals surface area (Å²) in [5.41, 5.74) is -2.73. The molecule has 8 nitrogen and oxygen atoms in total. The SMILES string of the molecule is CC(C)(NC(=O)Cn1ccc(=O)[nH]c1=O)C(=O)O. The zero-order valence-corrected chi connectivity index (χ0v) is 9.89. The fraction of sp³-hybridized carbons (Fsp3) is 0.400. The Morgan fingerprint density at radius 1 is 1.44 bits per heavy atom. The van der Waals surface area contributed by atoms with E-state index in [-0.39, 0.29) is 6.54 Å².